The molecule has 0 amide bonds. The van der Waals surface area contributed by atoms with E-state index in [0.29, 0.717) is 18.1 Å². The molecule has 1 rings (SSSR count). The molecule has 3 unspecified atom stereocenters. The van der Waals surface area contributed by atoms with Crippen molar-refractivity contribution >= 4 is 0 Å². The van der Waals surface area contributed by atoms with E-state index in [0.717, 1.165) is 25.0 Å². The van der Waals surface area contributed by atoms with Crippen LogP contribution in [-0.2, 0) is 4.74 Å². The highest BCUT2D eigenvalue weighted by molar-refractivity contribution is 4.93. The van der Waals surface area contributed by atoms with E-state index in [1.54, 1.807) is 0 Å². The second-order valence-electron chi connectivity index (χ2n) is 6.98. The molecule has 1 aliphatic carbocycles. The molecule has 3 heteroatoms. The number of nitrogens with zero attached hydrogens (tertiary/aromatic N) is 1. The topological polar surface area (TPSA) is 24.5 Å². The largest absolute Gasteiger partial charge is 0.383 e. The fourth-order valence-electron chi connectivity index (χ4n) is 4.06. The van der Waals surface area contributed by atoms with Gasteiger partial charge in [0.05, 0.1) is 6.61 Å². The van der Waals surface area contributed by atoms with Gasteiger partial charge in [0.1, 0.15) is 0 Å². The summed E-state index contributed by atoms with van der Waals surface area (Å²) >= 11 is 0. The maximum absolute atomic E-state index is 5.38. The molecule has 21 heavy (non-hydrogen) atoms. The first-order valence-corrected chi connectivity index (χ1v) is 9.00. The van der Waals surface area contributed by atoms with Crippen LogP contribution in [0.1, 0.15) is 59.8 Å². The zero-order chi connectivity index (χ0) is 15.8. The number of nitrogens with one attached hydrogen (secondary N) is 1. The number of ether oxygens (including phenoxy) is 1. The number of hydrogen-bond donors (Lipinski definition) is 1. The van der Waals surface area contributed by atoms with Crippen LogP contribution >= 0.6 is 0 Å². The molecule has 1 fully saturated rings. The van der Waals surface area contributed by atoms with Gasteiger partial charge in [0, 0.05) is 31.8 Å². The first kappa shape index (κ1) is 18.9. The lowest BCUT2D eigenvalue weighted by molar-refractivity contribution is 0.0285. The predicted molar refractivity (Wildman–Crippen MR) is 91.8 cm³/mol. The Morgan fingerprint density at radius 3 is 2.33 bits per heavy atom. The summed E-state index contributed by atoms with van der Waals surface area (Å²) in [5.74, 6) is 1.68. The van der Waals surface area contributed by atoms with Crippen LogP contribution in [0.15, 0.2) is 0 Å². The molecule has 0 saturated heterocycles. The molecule has 0 aliphatic heterocycles. The maximum Gasteiger partial charge on any atom is 0.0589 e. The molecular formula is C18H38N2O. The van der Waals surface area contributed by atoms with Gasteiger partial charge in [-0.15, -0.1) is 0 Å². The zero-order valence-electron chi connectivity index (χ0n) is 15.2. The second-order valence-corrected chi connectivity index (χ2v) is 6.98. The van der Waals surface area contributed by atoms with E-state index in [1.165, 1.54) is 32.1 Å². The van der Waals surface area contributed by atoms with Crippen molar-refractivity contribution in [2.45, 2.75) is 77.9 Å². The number of rotatable bonds is 9. The second kappa shape index (κ2) is 9.81. The van der Waals surface area contributed by atoms with Crippen molar-refractivity contribution in [3.05, 3.63) is 0 Å². The van der Waals surface area contributed by atoms with Gasteiger partial charge in [-0.2, -0.15) is 0 Å². The van der Waals surface area contributed by atoms with Crippen LogP contribution in [0, 0.1) is 11.8 Å². The molecule has 3 nitrogen and oxygen atoms in total. The van der Waals surface area contributed by atoms with Crippen LogP contribution in [0.25, 0.3) is 0 Å². The van der Waals surface area contributed by atoms with Gasteiger partial charge in [-0.3, -0.25) is 4.90 Å². The smallest absolute Gasteiger partial charge is 0.0589 e. The average Bonchev–Trinajstić information content (AvgIpc) is 2.50. The van der Waals surface area contributed by atoms with E-state index in [2.05, 4.69) is 45.0 Å². The summed E-state index contributed by atoms with van der Waals surface area (Å²) < 4.78 is 5.38. The Kier molecular flexibility index (Phi) is 8.84. The quantitative estimate of drug-likeness (QED) is 0.704. The molecule has 0 heterocycles. The first-order valence-electron chi connectivity index (χ1n) is 9.00. The lowest BCUT2D eigenvalue weighted by Gasteiger charge is -2.46. The maximum atomic E-state index is 5.38. The molecule has 126 valence electrons. The number of methoxy groups -OCH3 is 1. The number of likely N-dealkylation sites (N-methyl/N-ethyl adjacent to an activating group) is 1. The summed E-state index contributed by atoms with van der Waals surface area (Å²) in [5.41, 5.74) is 0. The van der Waals surface area contributed by atoms with Crippen LogP contribution in [0.5, 0.6) is 0 Å². The first-order chi connectivity index (χ1) is 10.1. The van der Waals surface area contributed by atoms with Crippen molar-refractivity contribution in [3.8, 4) is 0 Å². The van der Waals surface area contributed by atoms with E-state index >= 15 is 0 Å². The van der Waals surface area contributed by atoms with Crippen LogP contribution in [0.4, 0.5) is 0 Å². The number of hydrogen-bond acceptors (Lipinski definition) is 3. The van der Waals surface area contributed by atoms with Gasteiger partial charge in [0.15, 0.2) is 0 Å². The summed E-state index contributed by atoms with van der Waals surface area (Å²) in [4.78, 5) is 2.75. The molecular weight excluding hydrogens is 260 g/mol. The SMILES string of the molecule is CCC(CC)N(CCOC)C1CC(C(C)C)CCC1NC. The summed E-state index contributed by atoms with van der Waals surface area (Å²) in [6.07, 6.45) is 6.50. The zero-order valence-corrected chi connectivity index (χ0v) is 15.2. The van der Waals surface area contributed by atoms with Crippen molar-refractivity contribution in [2.24, 2.45) is 11.8 Å². The monoisotopic (exact) mass is 298 g/mol. The minimum atomic E-state index is 0.637. The minimum absolute atomic E-state index is 0.637. The Bertz CT molecular complexity index is 266. The highest BCUT2D eigenvalue weighted by Crippen LogP contribution is 2.34. The predicted octanol–water partition coefficient (Wildman–Crippen LogP) is 3.54. The lowest BCUT2D eigenvalue weighted by atomic mass is 9.76. The molecule has 1 aliphatic rings. The molecule has 0 aromatic heterocycles. The lowest BCUT2D eigenvalue weighted by Crippen LogP contribution is -2.56. The van der Waals surface area contributed by atoms with Gasteiger partial charge in [-0.1, -0.05) is 27.7 Å². The Morgan fingerprint density at radius 2 is 1.86 bits per heavy atom. The van der Waals surface area contributed by atoms with Crippen molar-refractivity contribution in [1.29, 1.82) is 0 Å². The minimum Gasteiger partial charge on any atom is -0.383 e. The fraction of sp³-hybridized carbons (Fsp3) is 1.00. The van der Waals surface area contributed by atoms with Gasteiger partial charge in [0.25, 0.3) is 0 Å². The summed E-state index contributed by atoms with van der Waals surface area (Å²) in [7, 11) is 3.95. The van der Waals surface area contributed by atoms with E-state index in [9.17, 15) is 0 Å². The normalized spacial score (nSPS) is 27.0. The molecule has 0 bridgehead atoms. The van der Waals surface area contributed by atoms with Crippen LogP contribution in [0.3, 0.4) is 0 Å². The molecule has 1 saturated carbocycles. The third-order valence-corrected chi connectivity index (χ3v) is 5.56. The van der Waals surface area contributed by atoms with Crippen molar-refractivity contribution in [2.75, 3.05) is 27.3 Å². The van der Waals surface area contributed by atoms with Gasteiger partial charge in [0.2, 0.25) is 0 Å². The van der Waals surface area contributed by atoms with Crippen molar-refractivity contribution in [1.82, 2.24) is 10.2 Å². The Labute approximate surface area is 132 Å². The molecule has 0 aromatic rings. The van der Waals surface area contributed by atoms with E-state index in [-0.39, 0.29) is 0 Å². The van der Waals surface area contributed by atoms with Crippen LogP contribution < -0.4 is 5.32 Å². The summed E-state index contributed by atoms with van der Waals surface area (Å²) in [5, 5.41) is 3.59. The highest BCUT2D eigenvalue weighted by Gasteiger charge is 2.36. The van der Waals surface area contributed by atoms with Crippen molar-refractivity contribution < 1.29 is 4.74 Å². The molecule has 1 N–H and O–H groups in total. The van der Waals surface area contributed by atoms with Gasteiger partial charge >= 0.3 is 0 Å². The molecule has 3 atom stereocenters. The summed E-state index contributed by atoms with van der Waals surface area (Å²) in [6, 6.07) is 1.99. The van der Waals surface area contributed by atoms with Gasteiger partial charge in [-0.25, -0.2) is 0 Å². The van der Waals surface area contributed by atoms with Gasteiger partial charge in [-0.05, 0) is 51.0 Å². The standard InChI is InChI=1S/C18H38N2O/c1-7-16(8-2)20(11-12-21-6)18-13-15(14(3)4)9-10-17(18)19-5/h14-19H,7-13H2,1-6H3. The Morgan fingerprint density at radius 1 is 1.19 bits per heavy atom. The van der Waals surface area contributed by atoms with Crippen LogP contribution in [0.2, 0.25) is 0 Å². The molecule has 0 spiro atoms. The molecule has 0 aromatic carbocycles. The molecule has 0 radical (unpaired) electrons. The Hall–Kier alpha value is -0.120. The average molecular weight is 299 g/mol. The Balaban J connectivity index is 2.87. The fourth-order valence-corrected chi connectivity index (χ4v) is 4.06. The van der Waals surface area contributed by atoms with Crippen molar-refractivity contribution in [3.63, 3.8) is 0 Å². The van der Waals surface area contributed by atoms with E-state index in [1.807, 2.05) is 7.11 Å². The van der Waals surface area contributed by atoms with Gasteiger partial charge < -0.3 is 10.1 Å². The summed E-state index contributed by atoms with van der Waals surface area (Å²) in [6.45, 7) is 11.3. The highest BCUT2D eigenvalue weighted by atomic mass is 16.5. The van der Waals surface area contributed by atoms with E-state index in [4.69, 9.17) is 4.74 Å². The third kappa shape index (κ3) is 5.22. The van der Waals surface area contributed by atoms with Crippen LogP contribution in [-0.4, -0.2) is 50.3 Å². The third-order valence-electron chi connectivity index (χ3n) is 5.56. The van der Waals surface area contributed by atoms with E-state index < -0.39 is 0 Å².